The minimum Gasteiger partial charge on any atom is -0.329 e. The molecular weight excluding hydrogens is 252 g/mol. The molecule has 20 heavy (non-hydrogen) atoms. The van der Waals surface area contributed by atoms with Crippen molar-refractivity contribution in [2.45, 2.75) is 19.0 Å². The molecule has 0 spiro atoms. The van der Waals surface area contributed by atoms with Crippen LogP contribution in [0.2, 0.25) is 0 Å². The van der Waals surface area contributed by atoms with Crippen LogP contribution in [0.25, 0.3) is 11.0 Å². The van der Waals surface area contributed by atoms with Gasteiger partial charge < -0.3 is 4.57 Å². The summed E-state index contributed by atoms with van der Waals surface area (Å²) >= 11 is 0. The van der Waals surface area contributed by atoms with Crippen LogP contribution in [-0.2, 0) is 20.0 Å². The maximum atomic E-state index is 5.68. The average Bonchev–Trinajstić information content (AvgIpc) is 3.05. The molecule has 0 saturated carbocycles. The fourth-order valence-corrected chi connectivity index (χ4v) is 2.43. The van der Waals surface area contributed by atoms with Gasteiger partial charge in [-0.15, -0.1) is 0 Å². The summed E-state index contributed by atoms with van der Waals surface area (Å²) in [6.45, 7) is 0.770. The van der Waals surface area contributed by atoms with E-state index in [1.54, 1.807) is 4.68 Å². The Morgan fingerprint density at radius 3 is 2.95 bits per heavy atom. The molecule has 6 nitrogen and oxygen atoms in total. The molecule has 0 fully saturated rings. The van der Waals surface area contributed by atoms with Gasteiger partial charge in [-0.3, -0.25) is 16.0 Å². The standard InChI is InChI=1S/C14H18N6/c1-19-8-11(7-17-19)6-12(18-15)9-20-10-16-13-4-2-3-5-14(13)20/h2-5,7-8,10,12,18H,6,9,15H2,1H3. The Labute approximate surface area is 117 Å². The van der Waals surface area contributed by atoms with Crippen molar-refractivity contribution in [1.82, 2.24) is 24.8 Å². The quantitative estimate of drug-likeness (QED) is 0.532. The number of rotatable bonds is 5. The molecule has 6 heteroatoms. The Balaban J connectivity index is 1.77. The van der Waals surface area contributed by atoms with Crippen LogP contribution in [-0.4, -0.2) is 25.4 Å². The van der Waals surface area contributed by atoms with E-state index >= 15 is 0 Å². The van der Waals surface area contributed by atoms with Crippen LogP contribution >= 0.6 is 0 Å². The van der Waals surface area contributed by atoms with Crippen molar-refractivity contribution in [3.05, 3.63) is 48.5 Å². The van der Waals surface area contributed by atoms with E-state index in [0.717, 1.165) is 24.0 Å². The number of benzene rings is 1. The lowest BCUT2D eigenvalue weighted by molar-refractivity contribution is 0.460. The predicted octanol–water partition coefficient (Wildman–Crippen LogP) is 0.844. The Hall–Kier alpha value is -2.18. The van der Waals surface area contributed by atoms with Crippen molar-refractivity contribution in [2.24, 2.45) is 12.9 Å². The highest BCUT2D eigenvalue weighted by Gasteiger charge is 2.11. The highest BCUT2D eigenvalue weighted by Crippen LogP contribution is 2.13. The number of nitrogens with one attached hydrogen (secondary N) is 1. The number of fused-ring (bicyclic) bond motifs is 1. The summed E-state index contributed by atoms with van der Waals surface area (Å²) in [5, 5.41) is 4.18. The molecule has 2 aromatic heterocycles. The fourth-order valence-electron chi connectivity index (χ4n) is 2.43. The van der Waals surface area contributed by atoms with Gasteiger partial charge in [-0.1, -0.05) is 12.1 Å². The summed E-state index contributed by atoms with van der Waals surface area (Å²) in [7, 11) is 1.91. The van der Waals surface area contributed by atoms with Gasteiger partial charge in [-0.05, 0) is 24.1 Å². The van der Waals surface area contributed by atoms with Crippen molar-refractivity contribution in [2.75, 3.05) is 0 Å². The number of imidazole rings is 1. The zero-order valence-corrected chi connectivity index (χ0v) is 11.4. The Bertz CT molecular complexity index is 698. The molecule has 1 aromatic carbocycles. The minimum atomic E-state index is 0.136. The summed E-state index contributed by atoms with van der Waals surface area (Å²) in [6.07, 6.45) is 6.57. The highest BCUT2D eigenvalue weighted by atomic mass is 15.3. The fraction of sp³-hybridized carbons (Fsp3) is 0.286. The summed E-state index contributed by atoms with van der Waals surface area (Å²) < 4.78 is 3.92. The van der Waals surface area contributed by atoms with Crippen molar-refractivity contribution < 1.29 is 0 Å². The number of hydrogen-bond donors (Lipinski definition) is 2. The van der Waals surface area contributed by atoms with Gasteiger partial charge in [-0.2, -0.15) is 5.10 Å². The largest absolute Gasteiger partial charge is 0.329 e. The number of aryl methyl sites for hydroxylation is 1. The van der Waals surface area contributed by atoms with E-state index in [9.17, 15) is 0 Å². The lowest BCUT2D eigenvalue weighted by Crippen LogP contribution is -2.39. The number of aromatic nitrogens is 4. The first kappa shape index (κ1) is 12.8. The molecule has 3 aromatic rings. The Morgan fingerprint density at radius 2 is 2.20 bits per heavy atom. The van der Waals surface area contributed by atoms with Crippen molar-refractivity contribution >= 4 is 11.0 Å². The smallest absolute Gasteiger partial charge is 0.0958 e. The number of hydrazine groups is 1. The normalized spacial score (nSPS) is 12.9. The molecule has 1 atom stereocenters. The molecular formula is C14H18N6. The van der Waals surface area contributed by atoms with E-state index in [4.69, 9.17) is 5.84 Å². The summed E-state index contributed by atoms with van der Waals surface area (Å²) in [6, 6.07) is 8.23. The van der Waals surface area contributed by atoms with E-state index in [0.29, 0.717) is 0 Å². The van der Waals surface area contributed by atoms with Crippen molar-refractivity contribution in [3.8, 4) is 0 Å². The van der Waals surface area contributed by atoms with E-state index in [1.165, 1.54) is 5.56 Å². The molecule has 0 amide bonds. The molecule has 0 saturated heterocycles. The van der Waals surface area contributed by atoms with Gasteiger partial charge in [0.25, 0.3) is 0 Å². The van der Waals surface area contributed by atoms with E-state index in [-0.39, 0.29) is 6.04 Å². The van der Waals surface area contributed by atoms with E-state index < -0.39 is 0 Å². The number of hydrogen-bond acceptors (Lipinski definition) is 4. The SMILES string of the molecule is Cn1cc(CC(Cn2cnc3ccccc32)NN)cn1. The monoisotopic (exact) mass is 270 g/mol. The van der Waals surface area contributed by atoms with Crippen LogP contribution in [0, 0.1) is 0 Å². The molecule has 0 aliphatic rings. The molecule has 3 rings (SSSR count). The van der Waals surface area contributed by atoms with Crippen molar-refractivity contribution in [1.29, 1.82) is 0 Å². The summed E-state index contributed by atoms with van der Waals surface area (Å²) in [5.74, 6) is 5.68. The van der Waals surface area contributed by atoms with E-state index in [1.807, 2.05) is 44.0 Å². The molecule has 0 aliphatic carbocycles. The van der Waals surface area contributed by atoms with Crippen LogP contribution in [0.3, 0.4) is 0 Å². The third-order valence-corrected chi connectivity index (χ3v) is 3.42. The molecule has 0 bridgehead atoms. The van der Waals surface area contributed by atoms with Gasteiger partial charge in [0.1, 0.15) is 0 Å². The lowest BCUT2D eigenvalue weighted by atomic mass is 10.1. The van der Waals surface area contributed by atoms with Crippen LogP contribution in [0.15, 0.2) is 43.0 Å². The Morgan fingerprint density at radius 1 is 1.35 bits per heavy atom. The third kappa shape index (κ3) is 2.56. The second kappa shape index (κ2) is 5.44. The van der Waals surface area contributed by atoms with Gasteiger partial charge in [0.2, 0.25) is 0 Å². The predicted molar refractivity (Wildman–Crippen MR) is 77.8 cm³/mol. The first-order chi connectivity index (χ1) is 9.76. The molecule has 0 radical (unpaired) electrons. The average molecular weight is 270 g/mol. The molecule has 1 unspecified atom stereocenters. The second-order valence-corrected chi connectivity index (χ2v) is 4.98. The van der Waals surface area contributed by atoms with Gasteiger partial charge in [0.15, 0.2) is 0 Å². The zero-order valence-electron chi connectivity index (χ0n) is 11.4. The highest BCUT2D eigenvalue weighted by molar-refractivity contribution is 5.74. The maximum Gasteiger partial charge on any atom is 0.0958 e. The van der Waals surface area contributed by atoms with Crippen LogP contribution in [0.4, 0.5) is 0 Å². The molecule has 0 aliphatic heterocycles. The number of nitrogens with two attached hydrogens (primary N) is 1. The third-order valence-electron chi connectivity index (χ3n) is 3.42. The second-order valence-electron chi connectivity index (χ2n) is 4.98. The Kier molecular flexibility index (Phi) is 3.49. The first-order valence-electron chi connectivity index (χ1n) is 6.60. The van der Waals surface area contributed by atoms with Crippen LogP contribution in [0.1, 0.15) is 5.56 Å². The van der Waals surface area contributed by atoms with Crippen LogP contribution in [0.5, 0.6) is 0 Å². The molecule has 104 valence electrons. The first-order valence-corrected chi connectivity index (χ1v) is 6.60. The summed E-state index contributed by atoms with van der Waals surface area (Å²) in [4.78, 5) is 4.40. The topological polar surface area (TPSA) is 73.7 Å². The molecule has 2 heterocycles. The number of nitrogens with zero attached hydrogens (tertiary/aromatic N) is 4. The molecule has 3 N–H and O–H groups in total. The summed E-state index contributed by atoms with van der Waals surface area (Å²) in [5.41, 5.74) is 6.17. The zero-order chi connectivity index (χ0) is 13.9. The van der Waals surface area contributed by atoms with Gasteiger partial charge in [0, 0.05) is 25.8 Å². The van der Waals surface area contributed by atoms with E-state index in [2.05, 4.69) is 26.1 Å². The van der Waals surface area contributed by atoms with Gasteiger partial charge in [0.05, 0.1) is 23.6 Å². The lowest BCUT2D eigenvalue weighted by Gasteiger charge is -2.16. The van der Waals surface area contributed by atoms with Gasteiger partial charge in [-0.25, -0.2) is 4.98 Å². The number of para-hydroxylation sites is 2. The van der Waals surface area contributed by atoms with Crippen LogP contribution < -0.4 is 11.3 Å². The minimum absolute atomic E-state index is 0.136. The maximum absolute atomic E-state index is 5.68. The van der Waals surface area contributed by atoms with Crippen molar-refractivity contribution in [3.63, 3.8) is 0 Å². The van der Waals surface area contributed by atoms with Gasteiger partial charge >= 0.3 is 0 Å².